The van der Waals surface area contributed by atoms with E-state index in [1.807, 2.05) is 4.90 Å². The highest BCUT2D eigenvalue weighted by Crippen LogP contribution is 2.46. The maximum atomic E-state index is 12.1. The molecule has 3 aliphatic rings. The minimum absolute atomic E-state index is 0.0145. The van der Waals surface area contributed by atoms with E-state index in [1.54, 1.807) is 0 Å². The summed E-state index contributed by atoms with van der Waals surface area (Å²) in [7, 11) is 0. The first-order chi connectivity index (χ1) is 12.2. The Morgan fingerprint density at radius 3 is 2.16 bits per heavy atom. The predicted molar refractivity (Wildman–Crippen MR) is 96.2 cm³/mol. The summed E-state index contributed by atoms with van der Waals surface area (Å²) in [4.78, 5) is 28.5. The molecule has 0 aromatic rings. The fourth-order valence-corrected chi connectivity index (χ4v) is 3.96. The van der Waals surface area contributed by atoms with Crippen LogP contribution in [0.5, 0.6) is 0 Å². The van der Waals surface area contributed by atoms with Crippen molar-refractivity contribution in [3.8, 4) is 0 Å². The lowest BCUT2D eigenvalue weighted by Crippen LogP contribution is -2.39. The molecule has 6 heteroatoms. The lowest BCUT2D eigenvalue weighted by molar-refractivity contribution is -0.138. The maximum Gasteiger partial charge on any atom is 0.248 e. The van der Waals surface area contributed by atoms with Gasteiger partial charge < -0.3 is 19.9 Å². The standard InChI is InChI=1S/C19H33N3O3/c23-17(13-25-14-18(24)22-11-3-1-2-4-12-22)20-15-19(7-8-19)16-21-9-5-6-10-21/h1-16H2,(H,20,23). The zero-order valence-corrected chi connectivity index (χ0v) is 15.4. The van der Waals surface area contributed by atoms with Crippen LogP contribution in [0.25, 0.3) is 0 Å². The van der Waals surface area contributed by atoms with E-state index in [9.17, 15) is 9.59 Å². The molecule has 2 amide bonds. The van der Waals surface area contributed by atoms with Crippen LogP contribution in [0, 0.1) is 5.41 Å². The molecule has 2 heterocycles. The van der Waals surface area contributed by atoms with Gasteiger partial charge in [-0.1, -0.05) is 12.8 Å². The summed E-state index contributed by atoms with van der Waals surface area (Å²) in [6.07, 6.45) is 9.58. The topological polar surface area (TPSA) is 61.9 Å². The highest BCUT2D eigenvalue weighted by Gasteiger charge is 2.44. The number of ether oxygens (including phenoxy) is 1. The van der Waals surface area contributed by atoms with Crippen molar-refractivity contribution >= 4 is 11.8 Å². The number of nitrogens with one attached hydrogen (secondary N) is 1. The van der Waals surface area contributed by atoms with Gasteiger partial charge in [-0.25, -0.2) is 0 Å². The molecule has 25 heavy (non-hydrogen) atoms. The van der Waals surface area contributed by atoms with Crippen molar-refractivity contribution in [1.82, 2.24) is 15.1 Å². The molecule has 0 radical (unpaired) electrons. The third-order valence-electron chi connectivity index (χ3n) is 5.79. The van der Waals surface area contributed by atoms with Gasteiger partial charge in [-0.2, -0.15) is 0 Å². The zero-order chi connectivity index (χ0) is 17.5. The molecule has 3 rings (SSSR count). The van der Waals surface area contributed by atoms with Crippen LogP contribution in [-0.2, 0) is 14.3 Å². The Bertz CT molecular complexity index is 451. The molecule has 6 nitrogen and oxygen atoms in total. The third kappa shape index (κ3) is 5.96. The molecule has 0 spiro atoms. The largest absolute Gasteiger partial charge is 0.362 e. The molecular formula is C19H33N3O3. The van der Waals surface area contributed by atoms with Crippen LogP contribution in [-0.4, -0.2) is 74.1 Å². The lowest BCUT2D eigenvalue weighted by Gasteiger charge is -2.23. The molecule has 142 valence electrons. The summed E-state index contributed by atoms with van der Waals surface area (Å²) < 4.78 is 5.36. The lowest BCUT2D eigenvalue weighted by atomic mass is 10.1. The monoisotopic (exact) mass is 351 g/mol. The Hall–Kier alpha value is -1.14. The number of carbonyl (C=O) groups is 2. The molecule has 2 saturated heterocycles. The second-order valence-corrected chi connectivity index (χ2v) is 8.05. The van der Waals surface area contributed by atoms with Gasteiger partial charge in [-0.15, -0.1) is 0 Å². The number of hydrogen-bond donors (Lipinski definition) is 1. The second kappa shape index (κ2) is 8.99. The van der Waals surface area contributed by atoms with E-state index >= 15 is 0 Å². The van der Waals surface area contributed by atoms with Crippen LogP contribution in [0.1, 0.15) is 51.4 Å². The van der Waals surface area contributed by atoms with E-state index in [0.29, 0.717) is 5.41 Å². The fraction of sp³-hybridized carbons (Fsp3) is 0.895. The van der Waals surface area contributed by atoms with E-state index in [1.165, 1.54) is 51.6 Å². The Balaban J connectivity index is 1.28. The summed E-state index contributed by atoms with van der Waals surface area (Å²) in [6.45, 7) is 5.93. The summed E-state index contributed by atoms with van der Waals surface area (Å²) in [5, 5.41) is 3.01. The zero-order valence-electron chi connectivity index (χ0n) is 15.4. The van der Waals surface area contributed by atoms with Gasteiger partial charge in [-0.05, 0) is 51.6 Å². The van der Waals surface area contributed by atoms with Gasteiger partial charge in [0.15, 0.2) is 0 Å². The van der Waals surface area contributed by atoms with Crippen molar-refractivity contribution in [2.24, 2.45) is 5.41 Å². The van der Waals surface area contributed by atoms with E-state index in [4.69, 9.17) is 4.74 Å². The smallest absolute Gasteiger partial charge is 0.248 e. The van der Waals surface area contributed by atoms with Crippen molar-refractivity contribution in [2.75, 3.05) is 52.5 Å². The average Bonchev–Trinajstić information content (AvgIpc) is 3.28. The molecule has 1 N–H and O–H groups in total. The minimum Gasteiger partial charge on any atom is -0.362 e. The van der Waals surface area contributed by atoms with Gasteiger partial charge in [0.1, 0.15) is 13.2 Å². The van der Waals surface area contributed by atoms with Gasteiger partial charge in [-0.3, -0.25) is 9.59 Å². The quantitative estimate of drug-likeness (QED) is 0.718. The molecule has 1 saturated carbocycles. The van der Waals surface area contributed by atoms with Gasteiger partial charge in [0.05, 0.1) is 0 Å². The Morgan fingerprint density at radius 2 is 1.52 bits per heavy atom. The van der Waals surface area contributed by atoms with Crippen molar-refractivity contribution in [1.29, 1.82) is 0 Å². The molecular weight excluding hydrogens is 318 g/mol. The van der Waals surface area contributed by atoms with Gasteiger partial charge in [0, 0.05) is 31.6 Å². The van der Waals surface area contributed by atoms with Crippen LogP contribution in [0.4, 0.5) is 0 Å². The first-order valence-electron chi connectivity index (χ1n) is 10.0. The van der Waals surface area contributed by atoms with E-state index in [-0.39, 0.29) is 25.0 Å². The van der Waals surface area contributed by atoms with Crippen molar-refractivity contribution in [3.05, 3.63) is 0 Å². The number of rotatable bonds is 8. The molecule has 0 unspecified atom stereocenters. The SMILES string of the molecule is O=C(COCC(=O)N1CCCCCC1)NCC1(CN2CCCC2)CC1. The Morgan fingerprint density at radius 1 is 0.880 bits per heavy atom. The first kappa shape index (κ1) is 18.6. The van der Waals surface area contributed by atoms with E-state index in [0.717, 1.165) is 39.0 Å². The fourth-order valence-electron chi connectivity index (χ4n) is 3.96. The van der Waals surface area contributed by atoms with Gasteiger partial charge >= 0.3 is 0 Å². The van der Waals surface area contributed by atoms with Crippen LogP contribution < -0.4 is 5.32 Å². The average molecular weight is 351 g/mol. The van der Waals surface area contributed by atoms with Crippen molar-refractivity contribution in [3.63, 3.8) is 0 Å². The molecule has 0 atom stereocenters. The first-order valence-corrected chi connectivity index (χ1v) is 10.0. The Kier molecular flexibility index (Phi) is 6.70. The highest BCUT2D eigenvalue weighted by atomic mass is 16.5. The van der Waals surface area contributed by atoms with Crippen molar-refractivity contribution < 1.29 is 14.3 Å². The van der Waals surface area contributed by atoms with E-state index < -0.39 is 0 Å². The Labute approximate surface area is 151 Å². The third-order valence-corrected chi connectivity index (χ3v) is 5.79. The summed E-state index contributed by atoms with van der Waals surface area (Å²) in [5.74, 6) is -0.0845. The minimum atomic E-state index is -0.101. The molecule has 2 aliphatic heterocycles. The second-order valence-electron chi connectivity index (χ2n) is 8.05. The number of amides is 2. The predicted octanol–water partition coefficient (Wildman–Crippen LogP) is 1.40. The normalized spacial score (nSPS) is 23.3. The van der Waals surface area contributed by atoms with Gasteiger partial charge in [0.2, 0.25) is 11.8 Å². The van der Waals surface area contributed by atoms with Gasteiger partial charge in [0.25, 0.3) is 0 Å². The molecule has 3 fully saturated rings. The molecule has 0 bridgehead atoms. The summed E-state index contributed by atoms with van der Waals surface area (Å²) in [6, 6.07) is 0. The number of nitrogens with zero attached hydrogens (tertiary/aromatic N) is 2. The summed E-state index contributed by atoms with van der Waals surface area (Å²) in [5.41, 5.74) is 0.294. The van der Waals surface area contributed by atoms with Crippen LogP contribution in [0.15, 0.2) is 0 Å². The van der Waals surface area contributed by atoms with E-state index in [2.05, 4.69) is 10.2 Å². The van der Waals surface area contributed by atoms with Crippen LogP contribution >= 0.6 is 0 Å². The van der Waals surface area contributed by atoms with Crippen LogP contribution in [0.3, 0.4) is 0 Å². The summed E-state index contributed by atoms with van der Waals surface area (Å²) >= 11 is 0. The number of hydrogen-bond acceptors (Lipinski definition) is 4. The van der Waals surface area contributed by atoms with Crippen LogP contribution in [0.2, 0.25) is 0 Å². The molecule has 0 aromatic carbocycles. The number of carbonyl (C=O) groups excluding carboxylic acids is 2. The molecule has 0 aromatic heterocycles. The highest BCUT2D eigenvalue weighted by molar-refractivity contribution is 5.79. The number of likely N-dealkylation sites (tertiary alicyclic amines) is 2. The molecule has 1 aliphatic carbocycles. The van der Waals surface area contributed by atoms with Crippen molar-refractivity contribution in [2.45, 2.75) is 51.4 Å². The maximum absolute atomic E-state index is 12.1.